The fourth-order valence-electron chi connectivity index (χ4n) is 1.13. The van der Waals surface area contributed by atoms with Gasteiger partial charge in [-0.2, -0.15) is 0 Å². The number of hydrogen-bond donors (Lipinski definition) is 0. The molecule has 1 fully saturated rings. The number of carbonyl (C=O) groups excluding carboxylic acids is 1. The molecule has 64 valence electrons. The first-order chi connectivity index (χ1) is 5.88. The molecule has 0 saturated carbocycles. The number of hydrogen-bond acceptors (Lipinski definition) is 3. The summed E-state index contributed by atoms with van der Waals surface area (Å²) in [6, 6.07) is 3.43. The number of nitrogens with zero attached hydrogens (tertiary/aromatic N) is 1. The van der Waals surface area contributed by atoms with E-state index in [2.05, 4.69) is 0 Å². The van der Waals surface area contributed by atoms with E-state index in [0.29, 0.717) is 5.76 Å². The zero-order valence-corrected chi connectivity index (χ0v) is 7.34. The zero-order chi connectivity index (χ0) is 8.39. The van der Waals surface area contributed by atoms with Crippen molar-refractivity contribution in [2.24, 2.45) is 0 Å². The topological polar surface area (TPSA) is 33.5 Å². The number of carbonyl (C=O) groups is 1. The molecule has 1 aromatic heterocycles. The Morgan fingerprint density at radius 2 is 2.58 bits per heavy atom. The summed E-state index contributed by atoms with van der Waals surface area (Å²) < 4.78 is 5.01. The maximum Gasteiger partial charge on any atom is 0.290 e. The Hall–Kier alpha value is -0.900. The molecule has 12 heavy (non-hydrogen) atoms. The van der Waals surface area contributed by atoms with Crippen molar-refractivity contribution in [3.63, 3.8) is 0 Å². The molecule has 1 saturated heterocycles. The van der Waals surface area contributed by atoms with Gasteiger partial charge in [0.15, 0.2) is 5.76 Å². The van der Waals surface area contributed by atoms with Gasteiger partial charge in [-0.05, 0) is 12.1 Å². The van der Waals surface area contributed by atoms with Gasteiger partial charge < -0.3 is 9.32 Å². The van der Waals surface area contributed by atoms with Crippen LogP contribution in [0.1, 0.15) is 10.6 Å². The van der Waals surface area contributed by atoms with Crippen molar-refractivity contribution in [2.45, 2.75) is 0 Å². The van der Waals surface area contributed by atoms with Crippen LogP contribution in [0, 0.1) is 0 Å². The van der Waals surface area contributed by atoms with E-state index in [0.717, 1.165) is 18.2 Å². The monoisotopic (exact) mass is 183 g/mol. The summed E-state index contributed by atoms with van der Waals surface area (Å²) in [5.74, 6) is 2.27. The summed E-state index contributed by atoms with van der Waals surface area (Å²) in [6.07, 6.45) is 1.52. The van der Waals surface area contributed by atoms with E-state index in [9.17, 15) is 4.79 Å². The standard InChI is InChI=1S/C8H9NO2S/c10-8(7-2-1-4-11-7)9-3-5-12-6-9/h1-2,4H,3,5-6H2. The predicted molar refractivity (Wildman–Crippen MR) is 47.1 cm³/mol. The Labute approximate surface area is 74.7 Å². The lowest BCUT2D eigenvalue weighted by Gasteiger charge is -2.11. The summed E-state index contributed by atoms with van der Waals surface area (Å²) >= 11 is 1.77. The Bertz CT molecular complexity index is 265. The summed E-state index contributed by atoms with van der Waals surface area (Å²) in [4.78, 5) is 13.3. The molecule has 1 aromatic rings. The zero-order valence-electron chi connectivity index (χ0n) is 6.53. The number of furan rings is 1. The molecule has 4 heteroatoms. The van der Waals surface area contributed by atoms with E-state index in [-0.39, 0.29) is 5.91 Å². The predicted octanol–water partition coefficient (Wildman–Crippen LogP) is 1.43. The van der Waals surface area contributed by atoms with Crippen LogP contribution in [0.4, 0.5) is 0 Å². The van der Waals surface area contributed by atoms with Crippen LogP contribution in [0.3, 0.4) is 0 Å². The number of thioether (sulfide) groups is 1. The lowest BCUT2D eigenvalue weighted by molar-refractivity contribution is 0.0771. The van der Waals surface area contributed by atoms with Crippen LogP contribution < -0.4 is 0 Å². The Balaban J connectivity index is 2.09. The van der Waals surface area contributed by atoms with Crippen molar-refractivity contribution < 1.29 is 9.21 Å². The number of rotatable bonds is 1. The minimum Gasteiger partial charge on any atom is -0.459 e. The second-order valence-electron chi connectivity index (χ2n) is 2.58. The van der Waals surface area contributed by atoms with Crippen molar-refractivity contribution >= 4 is 17.7 Å². The van der Waals surface area contributed by atoms with Crippen LogP contribution in [0.2, 0.25) is 0 Å². The number of amides is 1. The minimum atomic E-state index is 0.00463. The van der Waals surface area contributed by atoms with E-state index in [1.807, 2.05) is 0 Å². The highest BCUT2D eigenvalue weighted by Gasteiger charge is 2.21. The minimum absolute atomic E-state index is 0.00463. The average Bonchev–Trinajstić information content (AvgIpc) is 2.77. The molecule has 2 rings (SSSR count). The molecule has 1 amide bonds. The second kappa shape index (κ2) is 3.23. The molecule has 0 N–H and O–H groups in total. The molecule has 3 nitrogen and oxygen atoms in total. The van der Waals surface area contributed by atoms with E-state index in [4.69, 9.17) is 4.42 Å². The second-order valence-corrected chi connectivity index (χ2v) is 3.66. The van der Waals surface area contributed by atoms with Gasteiger partial charge in [-0.1, -0.05) is 0 Å². The molecular weight excluding hydrogens is 174 g/mol. The molecule has 0 spiro atoms. The first-order valence-electron chi connectivity index (χ1n) is 3.78. The van der Waals surface area contributed by atoms with Gasteiger partial charge in [0.05, 0.1) is 12.1 Å². The highest BCUT2D eigenvalue weighted by Crippen LogP contribution is 2.16. The normalized spacial score (nSPS) is 16.8. The lowest BCUT2D eigenvalue weighted by atomic mass is 10.4. The van der Waals surface area contributed by atoms with Crippen LogP contribution in [0.15, 0.2) is 22.8 Å². The van der Waals surface area contributed by atoms with Gasteiger partial charge in [0.1, 0.15) is 0 Å². The first-order valence-corrected chi connectivity index (χ1v) is 4.94. The Kier molecular flexibility index (Phi) is 2.08. The molecule has 0 aromatic carbocycles. The maximum absolute atomic E-state index is 11.5. The van der Waals surface area contributed by atoms with Crippen LogP contribution in [-0.2, 0) is 0 Å². The smallest absolute Gasteiger partial charge is 0.290 e. The van der Waals surface area contributed by atoms with Gasteiger partial charge >= 0.3 is 0 Å². The van der Waals surface area contributed by atoms with Crippen LogP contribution in [0.25, 0.3) is 0 Å². The summed E-state index contributed by atoms with van der Waals surface area (Å²) in [6.45, 7) is 0.838. The molecule has 0 radical (unpaired) electrons. The molecule has 2 heterocycles. The van der Waals surface area contributed by atoms with Crippen LogP contribution >= 0.6 is 11.8 Å². The van der Waals surface area contributed by atoms with Crippen molar-refractivity contribution in [1.82, 2.24) is 4.90 Å². The van der Waals surface area contributed by atoms with Crippen molar-refractivity contribution in [2.75, 3.05) is 18.2 Å². The molecule has 0 unspecified atom stereocenters. The average molecular weight is 183 g/mol. The third kappa shape index (κ3) is 1.34. The Morgan fingerprint density at radius 1 is 1.67 bits per heavy atom. The van der Waals surface area contributed by atoms with E-state index >= 15 is 0 Å². The van der Waals surface area contributed by atoms with Gasteiger partial charge in [-0.3, -0.25) is 4.79 Å². The highest BCUT2D eigenvalue weighted by atomic mass is 32.2. The fraction of sp³-hybridized carbons (Fsp3) is 0.375. The van der Waals surface area contributed by atoms with Crippen LogP contribution in [-0.4, -0.2) is 29.0 Å². The van der Waals surface area contributed by atoms with Gasteiger partial charge in [-0.15, -0.1) is 11.8 Å². The highest BCUT2D eigenvalue weighted by molar-refractivity contribution is 7.99. The van der Waals surface area contributed by atoms with Crippen molar-refractivity contribution in [3.05, 3.63) is 24.2 Å². The van der Waals surface area contributed by atoms with Crippen LogP contribution in [0.5, 0.6) is 0 Å². The van der Waals surface area contributed by atoms with E-state index in [1.54, 1.807) is 28.8 Å². The lowest BCUT2D eigenvalue weighted by Crippen LogP contribution is -2.27. The maximum atomic E-state index is 11.5. The molecule has 0 atom stereocenters. The quantitative estimate of drug-likeness (QED) is 0.660. The SMILES string of the molecule is O=C(c1ccco1)N1CCSC1. The van der Waals surface area contributed by atoms with Gasteiger partial charge in [0.25, 0.3) is 5.91 Å². The van der Waals surface area contributed by atoms with Crippen molar-refractivity contribution in [1.29, 1.82) is 0 Å². The van der Waals surface area contributed by atoms with Gasteiger partial charge in [0.2, 0.25) is 0 Å². The summed E-state index contributed by atoms with van der Waals surface area (Å²) in [5.41, 5.74) is 0. The first kappa shape index (κ1) is 7.73. The van der Waals surface area contributed by atoms with E-state index in [1.165, 1.54) is 6.26 Å². The summed E-state index contributed by atoms with van der Waals surface area (Å²) in [5, 5.41) is 0. The van der Waals surface area contributed by atoms with Crippen molar-refractivity contribution in [3.8, 4) is 0 Å². The van der Waals surface area contributed by atoms with Gasteiger partial charge in [-0.25, -0.2) is 0 Å². The molecule has 1 aliphatic rings. The summed E-state index contributed by atoms with van der Waals surface area (Å²) in [7, 11) is 0. The van der Waals surface area contributed by atoms with Gasteiger partial charge in [0, 0.05) is 12.3 Å². The molecule has 1 aliphatic heterocycles. The Morgan fingerprint density at radius 3 is 3.17 bits per heavy atom. The molecule has 0 bridgehead atoms. The fourth-order valence-corrected chi connectivity index (χ4v) is 2.08. The largest absolute Gasteiger partial charge is 0.459 e. The third-order valence-corrected chi connectivity index (χ3v) is 2.74. The van der Waals surface area contributed by atoms with E-state index < -0.39 is 0 Å². The third-order valence-electron chi connectivity index (χ3n) is 1.77. The molecular formula is C8H9NO2S. The molecule has 0 aliphatic carbocycles.